The molecule has 1 unspecified atom stereocenters. The van der Waals surface area contributed by atoms with E-state index in [9.17, 15) is 17.6 Å². The summed E-state index contributed by atoms with van der Waals surface area (Å²) >= 11 is 0. The monoisotopic (exact) mass is 514 g/mol. The van der Waals surface area contributed by atoms with Crippen molar-refractivity contribution in [3.8, 4) is 28.3 Å². The number of primary sulfonamides is 1. The van der Waals surface area contributed by atoms with Crippen LogP contribution in [-0.4, -0.2) is 26.0 Å². The van der Waals surface area contributed by atoms with E-state index in [-0.39, 0.29) is 16.7 Å². The average Bonchev–Trinajstić information content (AvgIpc) is 2.84. The highest BCUT2D eigenvalue weighted by Crippen LogP contribution is 2.38. The van der Waals surface area contributed by atoms with Crippen molar-refractivity contribution in [1.29, 1.82) is 0 Å². The first-order chi connectivity index (χ1) is 17.1. The maximum Gasteiger partial charge on any atom is 0.306 e. The smallest absolute Gasteiger partial charge is 0.306 e. The minimum atomic E-state index is -3.86. The number of benzene rings is 2. The van der Waals surface area contributed by atoms with Gasteiger partial charge in [0.15, 0.2) is 0 Å². The van der Waals surface area contributed by atoms with Crippen LogP contribution < -0.4 is 9.88 Å². The van der Waals surface area contributed by atoms with E-state index in [0.717, 1.165) is 12.8 Å². The number of hydrogen-bond donors (Lipinski definition) is 1. The minimum Gasteiger partial charge on any atom is -0.477 e. The second-order valence-electron chi connectivity index (χ2n) is 8.44. The first-order valence-corrected chi connectivity index (χ1v) is 13.4. The molecule has 2 N–H and O–H groups in total. The SMILES string of the molecule is CCCCOc1nc(-c2ccc(F)cc2)c(-c2ccc(S(N)(=O)=O)cc2)cc1C(C)OC(=O)CCC. The molecule has 0 spiro atoms. The fourth-order valence-electron chi connectivity index (χ4n) is 3.63. The molecule has 9 heteroatoms. The number of halogens is 1. The second kappa shape index (κ2) is 12.1. The van der Waals surface area contributed by atoms with Gasteiger partial charge in [0.05, 0.1) is 22.8 Å². The van der Waals surface area contributed by atoms with Crippen molar-refractivity contribution in [3.05, 3.63) is 66.0 Å². The largest absolute Gasteiger partial charge is 0.477 e. The third kappa shape index (κ3) is 6.89. The lowest BCUT2D eigenvalue weighted by Crippen LogP contribution is -2.12. The fraction of sp³-hybridized carbons (Fsp3) is 0.333. The minimum absolute atomic E-state index is 0.0239. The van der Waals surface area contributed by atoms with Gasteiger partial charge >= 0.3 is 5.97 Å². The summed E-state index contributed by atoms with van der Waals surface area (Å²) < 4.78 is 48.8. The molecule has 0 aliphatic rings. The lowest BCUT2D eigenvalue weighted by Gasteiger charge is -2.20. The topological polar surface area (TPSA) is 109 Å². The molecule has 1 heterocycles. The van der Waals surface area contributed by atoms with E-state index < -0.39 is 16.1 Å². The van der Waals surface area contributed by atoms with Crippen molar-refractivity contribution in [2.45, 2.75) is 57.5 Å². The van der Waals surface area contributed by atoms with Crippen LogP contribution in [0, 0.1) is 5.82 Å². The van der Waals surface area contributed by atoms with Crippen LogP contribution in [0.4, 0.5) is 4.39 Å². The Hall–Kier alpha value is -3.30. The molecule has 0 radical (unpaired) electrons. The summed E-state index contributed by atoms with van der Waals surface area (Å²) in [5, 5.41) is 5.25. The number of nitrogens with zero attached hydrogens (tertiary/aromatic N) is 1. The molecular formula is C27H31FN2O5S. The summed E-state index contributed by atoms with van der Waals surface area (Å²) in [6.45, 7) is 6.12. The number of ether oxygens (including phenoxy) is 2. The van der Waals surface area contributed by atoms with Gasteiger partial charge in [-0.15, -0.1) is 0 Å². The van der Waals surface area contributed by atoms with Gasteiger partial charge in [0.2, 0.25) is 15.9 Å². The van der Waals surface area contributed by atoms with E-state index in [1.54, 1.807) is 31.2 Å². The number of unbranched alkanes of at least 4 members (excludes halogenated alkanes) is 1. The molecule has 3 rings (SSSR count). The van der Waals surface area contributed by atoms with E-state index in [4.69, 9.17) is 19.6 Å². The summed E-state index contributed by atoms with van der Waals surface area (Å²) in [4.78, 5) is 17.0. The maximum absolute atomic E-state index is 13.7. The number of esters is 1. The van der Waals surface area contributed by atoms with Crippen molar-refractivity contribution in [2.24, 2.45) is 5.14 Å². The van der Waals surface area contributed by atoms with Crippen molar-refractivity contribution in [1.82, 2.24) is 4.98 Å². The Morgan fingerprint density at radius 3 is 2.25 bits per heavy atom. The zero-order valence-corrected chi connectivity index (χ0v) is 21.5. The number of rotatable bonds is 11. The molecule has 1 atom stereocenters. The van der Waals surface area contributed by atoms with Gasteiger partial charge in [-0.1, -0.05) is 32.4 Å². The highest BCUT2D eigenvalue weighted by Gasteiger charge is 2.22. The van der Waals surface area contributed by atoms with Crippen LogP contribution in [-0.2, 0) is 19.6 Å². The predicted molar refractivity (Wildman–Crippen MR) is 136 cm³/mol. The molecule has 0 aliphatic heterocycles. The molecular weight excluding hydrogens is 483 g/mol. The molecule has 0 amide bonds. The lowest BCUT2D eigenvalue weighted by atomic mass is 9.96. The third-order valence-electron chi connectivity index (χ3n) is 5.56. The Labute approximate surface area is 211 Å². The molecule has 0 aliphatic carbocycles. The molecule has 1 aromatic heterocycles. The molecule has 0 saturated carbocycles. The van der Waals surface area contributed by atoms with Gasteiger partial charge in [-0.3, -0.25) is 4.79 Å². The average molecular weight is 515 g/mol. The van der Waals surface area contributed by atoms with Gasteiger partial charge in [0, 0.05) is 17.5 Å². The number of aromatic nitrogens is 1. The highest BCUT2D eigenvalue weighted by molar-refractivity contribution is 7.89. The van der Waals surface area contributed by atoms with E-state index in [0.29, 0.717) is 53.3 Å². The Morgan fingerprint density at radius 1 is 1.03 bits per heavy atom. The number of carbonyl (C=O) groups excluding carboxylic acids is 1. The van der Waals surface area contributed by atoms with Crippen molar-refractivity contribution in [3.63, 3.8) is 0 Å². The Balaban J connectivity index is 2.19. The van der Waals surface area contributed by atoms with Crippen LogP contribution in [0.1, 0.15) is 58.1 Å². The second-order valence-corrected chi connectivity index (χ2v) is 10.0. The normalized spacial score (nSPS) is 12.2. The van der Waals surface area contributed by atoms with E-state index in [1.165, 1.54) is 24.3 Å². The number of nitrogens with two attached hydrogens (primary N) is 1. The first kappa shape index (κ1) is 27.3. The maximum atomic E-state index is 13.7. The number of hydrogen-bond acceptors (Lipinski definition) is 6. The summed E-state index contributed by atoms with van der Waals surface area (Å²) in [5.74, 6) is -0.388. The highest BCUT2D eigenvalue weighted by atomic mass is 32.2. The van der Waals surface area contributed by atoms with Crippen LogP contribution >= 0.6 is 0 Å². The summed E-state index contributed by atoms with van der Waals surface area (Å²) in [5.41, 5.74) is 3.03. The summed E-state index contributed by atoms with van der Waals surface area (Å²) in [6.07, 6.45) is 2.05. The molecule has 3 aromatic rings. The van der Waals surface area contributed by atoms with E-state index in [1.807, 2.05) is 19.9 Å². The van der Waals surface area contributed by atoms with E-state index in [2.05, 4.69) is 0 Å². The summed E-state index contributed by atoms with van der Waals surface area (Å²) in [6, 6.07) is 13.8. The number of carbonyl (C=O) groups is 1. The van der Waals surface area contributed by atoms with Gasteiger partial charge in [0.1, 0.15) is 11.9 Å². The van der Waals surface area contributed by atoms with Crippen LogP contribution in [0.25, 0.3) is 22.4 Å². The molecule has 0 saturated heterocycles. The predicted octanol–water partition coefficient (Wildman–Crippen LogP) is 5.79. The standard InChI is InChI=1S/C27H31FN2O5S/c1-4-6-16-34-27-23(18(3)35-25(31)7-5-2)17-24(19-10-14-22(15-11-19)36(29,32)33)26(30-27)20-8-12-21(28)13-9-20/h8-15,17-18H,4-7,16H2,1-3H3,(H2,29,32,33). The van der Waals surface area contributed by atoms with Crippen LogP contribution in [0.3, 0.4) is 0 Å². The van der Waals surface area contributed by atoms with Crippen LogP contribution in [0.5, 0.6) is 5.88 Å². The quantitative estimate of drug-likeness (QED) is 0.256. The summed E-state index contributed by atoms with van der Waals surface area (Å²) in [7, 11) is -3.86. The Bertz CT molecular complexity index is 1290. The van der Waals surface area contributed by atoms with Crippen molar-refractivity contribution >= 4 is 16.0 Å². The van der Waals surface area contributed by atoms with E-state index >= 15 is 0 Å². The first-order valence-electron chi connectivity index (χ1n) is 11.9. The molecule has 2 aromatic carbocycles. The van der Waals surface area contributed by atoms with Crippen molar-refractivity contribution in [2.75, 3.05) is 6.61 Å². The van der Waals surface area contributed by atoms with Gasteiger partial charge in [-0.05, 0) is 67.8 Å². The molecule has 0 bridgehead atoms. The van der Waals surface area contributed by atoms with Gasteiger partial charge in [-0.25, -0.2) is 22.9 Å². The molecule has 192 valence electrons. The van der Waals surface area contributed by atoms with Gasteiger partial charge < -0.3 is 9.47 Å². The number of pyridine rings is 1. The van der Waals surface area contributed by atoms with Gasteiger partial charge in [-0.2, -0.15) is 0 Å². The third-order valence-corrected chi connectivity index (χ3v) is 6.49. The van der Waals surface area contributed by atoms with Crippen LogP contribution in [0.2, 0.25) is 0 Å². The lowest BCUT2D eigenvalue weighted by molar-refractivity contribution is -0.148. The molecule has 7 nitrogen and oxygen atoms in total. The molecule has 0 fully saturated rings. The zero-order chi connectivity index (χ0) is 26.3. The fourth-order valence-corrected chi connectivity index (χ4v) is 4.14. The Kier molecular flexibility index (Phi) is 9.17. The zero-order valence-electron chi connectivity index (χ0n) is 20.7. The van der Waals surface area contributed by atoms with Gasteiger partial charge in [0.25, 0.3) is 0 Å². The number of sulfonamides is 1. The van der Waals surface area contributed by atoms with Crippen LogP contribution in [0.15, 0.2) is 59.5 Å². The Morgan fingerprint density at radius 2 is 1.67 bits per heavy atom. The van der Waals surface area contributed by atoms with Crippen molar-refractivity contribution < 1.29 is 27.1 Å². The molecule has 36 heavy (non-hydrogen) atoms.